The van der Waals surface area contributed by atoms with Gasteiger partial charge in [-0.15, -0.1) is 23.7 Å². The van der Waals surface area contributed by atoms with Crippen molar-refractivity contribution in [1.29, 1.82) is 0 Å². The van der Waals surface area contributed by atoms with Gasteiger partial charge in [0, 0.05) is 17.8 Å². The summed E-state index contributed by atoms with van der Waals surface area (Å²) in [6, 6.07) is 1.76. The highest BCUT2D eigenvalue weighted by molar-refractivity contribution is 7.89. The molecule has 2 aromatic heterocycles. The number of thiophene rings is 1. The molecule has 0 bridgehead atoms. The predicted octanol–water partition coefficient (Wildman–Crippen LogP) is 1.28. The van der Waals surface area contributed by atoms with Crippen molar-refractivity contribution >= 4 is 33.8 Å². The van der Waals surface area contributed by atoms with Gasteiger partial charge in [0.25, 0.3) is 5.89 Å². The van der Waals surface area contributed by atoms with Crippen molar-refractivity contribution in [3.8, 4) is 10.8 Å². The first kappa shape index (κ1) is 18.1. The standard InChI is InChI=1S/C11H16N4O3S2.ClH/c1-7(12-2)4-10-14-11(18-15-10)9-5-8(6-19-9)20(16,17)13-3;/h5-7,12-13H,4H2,1-3H3;1H. The molecule has 2 aromatic rings. The summed E-state index contributed by atoms with van der Waals surface area (Å²) >= 11 is 1.25. The van der Waals surface area contributed by atoms with Gasteiger partial charge in [-0.25, -0.2) is 13.1 Å². The zero-order chi connectivity index (χ0) is 14.8. The minimum absolute atomic E-state index is 0. The average molecular weight is 353 g/mol. The molecule has 2 rings (SSSR count). The molecule has 10 heteroatoms. The van der Waals surface area contributed by atoms with Crippen LogP contribution in [0.5, 0.6) is 0 Å². The van der Waals surface area contributed by atoms with Gasteiger partial charge in [0.05, 0.1) is 9.77 Å². The van der Waals surface area contributed by atoms with E-state index in [1.54, 1.807) is 5.38 Å². The Morgan fingerprint density at radius 3 is 2.76 bits per heavy atom. The molecule has 2 heterocycles. The largest absolute Gasteiger partial charge is 0.333 e. The van der Waals surface area contributed by atoms with Gasteiger partial charge in [0.1, 0.15) is 0 Å². The van der Waals surface area contributed by atoms with Gasteiger partial charge in [-0.2, -0.15) is 4.98 Å². The Balaban J connectivity index is 0.00000220. The van der Waals surface area contributed by atoms with Crippen LogP contribution in [0.1, 0.15) is 12.7 Å². The maximum atomic E-state index is 11.7. The van der Waals surface area contributed by atoms with Crippen LogP contribution in [0, 0.1) is 0 Å². The van der Waals surface area contributed by atoms with Gasteiger partial charge in [-0.1, -0.05) is 5.16 Å². The van der Waals surface area contributed by atoms with Gasteiger partial charge in [0.15, 0.2) is 5.82 Å². The highest BCUT2D eigenvalue weighted by Crippen LogP contribution is 2.28. The van der Waals surface area contributed by atoms with Crippen molar-refractivity contribution in [2.45, 2.75) is 24.3 Å². The molecule has 1 atom stereocenters. The fraction of sp³-hybridized carbons (Fsp3) is 0.455. The molecule has 21 heavy (non-hydrogen) atoms. The van der Waals surface area contributed by atoms with E-state index in [4.69, 9.17) is 4.52 Å². The third kappa shape index (κ3) is 4.24. The molecular formula is C11H17ClN4O3S2. The first-order chi connectivity index (χ1) is 9.46. The third-order valence-corrected chi connectivity index (χ3v) is 5.28. The molecule has 0 saturated carbocycles. The molecule has 2 N–H and O–H groups in total. The topological polar surface area (TPSA) is 97.1 Å². The summed E-state index contributed by atoms with van der Waals surface area (Å²) in [7, 11) is -0.208. The van der Waals surface area contributed by atoms with E-state index in [9.17, 15) is 8.42 Å². The van der Waals surface area contributed by atoms with Crippen LogP contribution < -0.4 is 10.0 Å². The summed E-state index contributed by atoms with van der Waals surface area (Å²) < 4.78 is 30.7. The number of sulfonamides is 1. The molecule has 118 valence electrons. The van der Waals surface area contributed by atoms with Crippen LogP contribution in [-0.2, 0) is 16.4 Å². The van der Waals surface area contributed by atoms with Crippen molar-refractivity contribution in [2.75, 3.05) is 14.1 Å². The molecule has 0 aromatic carbocycles. The minimum Gasteiger partial charge on any atom is -0.333 e. The Hall–Kier alpha value is -1.00. The SMILES string of the molecule is CNC(C)Cc1noc(-c2cc(S(=O)(=O)NC)cs2)n1.Cl. The van der Waals surface area contributed by atoms with E-state index in [2.05, 4.69) is 20.2 Å². The number of aromatic nitrogens is 2. The van der Waals surface area contributed by atoms with Crippen molar-refractivity contribution in [1.82, 2.24) is 20.2 Å². The van der Waals surface area contributed by atoms with E-state index in [1.165, 1.54) is 24.5 Å². The van der Waals surface area contributed by atoms with E-state index in [1.807, 2.05) is 14.0 Å². The van der Waals surface area contributed by atoms with Gasteiger partial charge in [-0.3, -0.25) is 0 Å². The molecule has 0 aliphatic heterocycles. The average Bonchev–Trinajstić information content (AvgIpc) is 3.06. The molecule has 0 aliphatic rings. The normalized spacial score (nSPS) is 12.9. The van der Waals surface area contributed by atoms with Gasteiger partial charge in [-0.05, 0) is 27.1 Å². The van der Waals surface area contributed by atoms with Crippen LogP contribution in [0.25, 0.3) is 10.8 Å². The zero-order valence-electron chi connectivity index (χ0n) is 11.8. The number of hydrogen-bond acceptors (Lipinski definition) is 7. The Kier molecular flexibility index (Phi) is 6.29. The molecule has 0 radical (unpaired) electrons. The maximum Gasteiger partial charge on any atom is 0.268 e. The van der Waals surface area contributed by atoms with Crippen LogP contribution in [0.3, 0.4) is 0 Å². The molecule has 7 nitrogen and oxygen atoms in total. The molecular weight excluding hydrogens is 336 g/mol. The molecule has 0 spiro atoms. The summed E-state index contributed by atoms with van der Waals surface area (Å²) in [5.74, 6) is 0.930. The lowest BCUT2D eigenvalue weighted by Gasteiger charge is -2.04. The first-order valence-corrected chi connectivity index (χ1v) is 8.35. The maximum absolute atomic E-state index is 11.7. The second kappa shape index (κ2) is 7.32. The van der Waals surface area contributed by atoms with E-state index in [0.717, 1.165) is 0 Å². The summed E-state index contributed by atoms with van der Waals surface area (Å²) in [5, 5.41) is 8.52. The van der Waals surface area contributed by atoms with E-state index in [0.29, 0.717) is 23.0 Å². The lowest BCUT2D eigenvalue weighted by molar-refractivity contribution is 0.419. The Labute approximate surface area is 133 Å². The van der Waals surface area contributed by atoms with Crippen LogP contribution in [0.2, 0.25) is 0 Å². The van der Waals surface area contributed by atoms with Crippen molar-refractivity contribution < 1.29 is 12.9 Å². The highest BCUT2D eigenvalue weighted by Gasteiger charge is 2.18. The van der Waals surface area contributed by atoms with E-state index >= 15 is 0 Å². The first-order valence-electron chi connectivity index (χ1n) is 5.98. The van der Waals surface area contributed by atoms with Crippen molar-refractivity contribution in [3.05, 3.63) is 17.3 Å². The number of halogens is 1. The summed E-state index contributed by atoms with van der Waals surface area (Å²) in [4.78, 5) is 5.10. The van der Waals surface area contributed by atoms with Crippen LogP contribution in [0.15, 0.2) is 20.9 Å². The Morgan fingerprint density at radius 1 is 1.43 bits per heavy atom. The quantitative estimate of drug-likeness (QED) is 0.812. The molecule has 0 amide bonds. The van der Waals surface area contributed by atoms with Crippen molar-refractivity contribution in [2.24, 2.45) is 0 Å². The summed E-state index contributed by atoms with van der Waals surface area (Å²) in [6.07, 6.45) is 0.646. The van der Waals surface area contributed by atoms with Crippen molar-refractivity contribution in [3.63, 3.8) is 0 Å². The molecule has 0 saturated heterocycles. The number of nitrogens with one attached hydrogen (secondary N) is 2. The number of nitrogens with zero attached hydrogens (tertiary/aromatic N) is 2. The Bertz CT molecular complexity index is 683. The fourth-order valence-electron chi connectivity index (χ4n) is 1.50. The van der Waals surface area contributed by atoms with E-state index in [-0.39, 0.29) is 23.3 Å². The minimum atomic E-state index is -3.44. The van der Waals surface area contributed by atoms with Gasteiger partial charge >= 0.3 is 0 Å². The highest BCUT2D eigenvalue weighted by atomic mass is 35.5. The zero-order valence-corrected chi connectivity index (χ0v) is 14.2. The van der Waals surface area contributed by atoms with Gasteiger partial charge in [0.2, 0.25) is 10.0 Å². The molecule has 0 aliphatic carbocycles. The second-order valence-corrected chi connectivity index (χ2v) is 7.06. The lowest BCUT2D eigenvalue weighted by atomic mass is 10.2. The number of hydrogen-bond donors (Lipinski definition) is 2. The molecule has 1 unspecified atom stereocenters. The summed E-state index contributed by atoms with van der Waals surface area (Å²) in [5.41, 5.74) is 0. The molecule has 0 fully saturated rings. The van der Waals surface area contributed by atoms with Gasteiger partial charge < -0.3 is 9.84 Å². The second-order valence-electron chi connectivity index (χ2n) is 4.26. The van der Waals surface area contributed by atoms with Crippen LogP contribution in [-0.4, -0.2) is 38.7 Å². The van der Waals surface area contributed by atoms with Crippen LogP contribution >= 0.6 is 23.7 Å². The lowest BCUT2D eigenvalue weighted by Crippen LogP contribution is -2.24. The number of rotatable bonds is 6. The smallest absolute Gasteiger partial charge is 0.268 e. The Morgan fingerprint density at radius 2 is 2.14 bits per heavy atom. The van der Waals surface area contributed by atoms with E-state index < -0.39 is 10.0 Å². The fourth-order valence-corrected chi connectivity index (χ4v) is 3.43. The number of likely N-dealkylation sites (N-methyl/N-ethyl adjacent to an activating group) is 1. The van der Waals surface area contributed by atoms with Crippen LogP contribution in [0.4, 0.5) is 0 Å². The monoisotopic (exact) mass is 352 g/mol. The third-order valence-electron chi connectivity index (χ3n) is 2.81. The predicted molar refractivity (Wildman–Crippen MR) is 83.3 cm³/mol. The summed E-state index contributed by atoms with van der Waals surface area (Å²) in [6.45, 7) is 2.01.